The van der Waals surface area contributed by atoms with Gasteiger partial charge in [-0.3, -0.25) is 4.99 Å². The van der Waals surface area contributed by atoms with Gasteiger partial charge >= 0.3 is 0 Å². The molecule has 0 bridgehead atoms. The van der Waals surface area contributed by atoms with E-state index in [1.807, 2.05) is 18.2 Å². The fraction of sp³-hybridized carbons (Fsp3) is 0.350. The minimum atomic E-state index is -0.412. The standard InChI is InChI=1S/C20H24ClFN4O/c1-23-20(24-12-14-7-8-17(22)16(21)11-14)25-15-9-10-26(13-15)18-5-3-4-6-19(18)27-2/h3-8,11,15H,9-10,12-13H2,1-2H3,(H2,23,24,25). The molecule has 0 radical (unpaired) electrons. The first-order valence-electron chi connectivity index (χ1n) is 8.89. The van der Waals surface area contributed by atoms with Gasteiger partial charge in [0, 0.05) is 32.7 Å². The second-order valence-corrected chi connectivity index (χ2v) is 6.83. The van der Waals surface area contributed by atoms with Crippen molar-refractivity contribution in [3.63, 3.8) is 0 Å². The first kappa shape index (κ1) is 19.3. The van der Waals surface area contributed by atoms with Crippen molar-refractivity contribution in [3.8, 4) is 5.75 Å². The molecule has 0 amide bonds. The zero-order valence-electron chi connectivity index (χ0n) is 15.5. The number of nitrogens with one attached hydrogen (secondary N) is 2. The lowest BCUT2D eigenvalue weighted by Gasteiger charge is -2.22. The summed E-state index contributed by atoms with van der Waals surface area (Å²) >= 11 is 5.84. The van der Waals surface area contributed by atoms with E-state index in [0.717, 1.165) is 36.5 Å². The molecular formula is C20H24ClFN4O. The van der Waals surface area contributed by atoms with Crippen molar-refractivity contribution >= 4 is 23.2 Å². The van der Waals surface area contributed by atoms with Crippen molar-refractivity contribution < 1.29 is 9.13 Å². The van der Waals surface area contributed by atoms with E-state index in [1.165, 1.54) is 6.07 Å². The van der Waals surface area contributed by atoms with Crippen LogP contribution in [0.3, 0.4) is 0 Å². The maximum atomic E-state index is 13.3. The lowest BCUT2D eigenvalue weighted by molar-refractivity contribution is 0.415. The first-order valence-corrected chi connectivity index (χ1v) is 9.27. The molecule has 1 aliphatic heterocycles. The lowest BCUT2D eigenvalue weighted by Crippen LogP contribution is -2.44. The molecule has 5 nitrogen and oxygen atoms in total. The van der Waals surface area contributed by atoms with Crippen LogP contribution in [0.4, 0.5) is 10.1 Å². The van der Waals surface area contributed by atoms with E-state index >= 15 is 0 Å². The lowest BCUT2D eigenvalue weighted by atomic mass is 10.2. The molecular weight excluding hydrogens is 367 g/mol. The Morgan fingerprint density at radius 1 is 1.33 bits per heavy atom. The molecule has 1 saturated heterocycles. The van der Waals surface area contributed by atoms with Crippen molar-refractivity contribution in [2.75, 3.05) is 32.1 Å². The Morgan fingerprint density at radius 3 is 2.89 bits per heavy atom. The molecule has 1 heterocycles. The molecule has 1 unspecified atom stereocenters. The van der Waals surface area contributed by atoms with Gasteiger partial charge in [-0.25, -0.2) is 4.39 Å². The zero-order chi connectivity index (χ0) is 19.2. The van der Waals surface area contributed by atoms with E-state index in [9.17, 15) is 4.39 Å². The second kappa shape index (κ2) is 8.95. The number of methoxy groups -OCH3 is 1. The minimum Gasteiger partial charge on any atom is -0.495 e. The van der Waals surface area contributed by atoms with Crippen LogP contribution in [0, 0.1) is 5.82 Å². The SMILES string of the molecule is CN=C(NCc1ccc(F)c(Cl)c1)NC1CCN(c2ccccc2OC)C1. The van der Waals surface area contributed by atoms with Crippen LogP contribution < -0.4 is 20.3 Å². The molecule has 1 aliphatic rings. The monoisotopic (exact) mass is 390 g/mol. The zero-order valence-corrected chi connectivity index (χ0v) is 16.3. The van der Waals surface area contributed by atoms with Crippen LogP contribution in [0.1, 0.15) is 12.0 Å². The Labute approximate surface area is 164 Å². The molecule has 0 aromatic heterocycles. The topological polar surface area (TPSA) is 48.9 Å². The molecule has 144 valence electrons. The van der Waals surface area contributed by atoms with Crippen LogP contribution in [-0.4, -0.2) is 39.2 Å². The molecule has 27 heavy (non-hydrogen) atoms. The summed E-state index contributed by atoms with van der Waals surface area (Å²) in [5.74, 6) is 1.18. The van der Waals surface area contributed by atoms with Crippen molar-refractivity contribution in [2.45, 2.75) is 19.0 Å². The van der Waals surface area contributed by atoms with E-state index in [2.05, 4.69) is 26.6 Å². The molecule has 1 atom stereocenters. The number of nitrogens with zero attached hydrogens (tertiary/aromatic N) is 2. The summed E-state index contributed by atoms with van der Waals surface area (Å²) in [6.45, 7) is 2.33. The number of guanidine groups is 1. The summed E-state index contributed by atoms with van der Waals surface area (Å²) in [6.07, 6.45) is 1.00. The van der Waals surface area contributed by atoms with Crippen molar-refractivity contribution in [2.24, 2.45) is 4.99 Å². The number of ether oxygens (including phenoxy) is 1. The molecule has 2 N–H and O–H groups in total. The summed E-state index contributed by atoms with van der Waals surface area (Å²) in [4.78, 5) is 6.59. The third kappa shape index (κ3) is 4.83. The predicted molar refractivity (Wildman–Crippen MR) is 108 cm³/mol. The second-order valence-electron chi connectivity index (χ2n) is 6.42. The highest BCUT2D eigenvalue weighted by Gasteiger charge is 2.25. The molecule has 2 aromatic carbocycles. The number of para-hydroxylation sites is 2. The Morgan fingerprint density at radius 2 is 2.15 bits per heavy atom. The normalized spacial score (nSPS) is 17.1. The quantitative estimate of drug-likeness (QED) is 0.606. The average molecular weight is 391 g/mol. The van der Waals surface area contributed by atoms with Crippen LogP contribution in [0.25, 0.3) is 0 Å². The molecule has 7 heteroatoms. The maximum absolute atomic E-state index is 13.3. The number of hydrogen-bond donors (Lipinski definition) is 2. The molecule has 0 spiro atoms. The number of halogens is 2. The van der Waals surface area contributed by atoms with E-state index in [1.54, 1.807) is 26.3 Å². The third-order valence-electron chi connectivity index (χ3n) is 4.62. The van der Waals surface area contributed by atoms with Crippen LogP contribution in [0.5, 0.6) is 5.75 Å². The predicted octanol–water partition coefficient (Wildman–Crippen LogP) is 3.43. The van der Waals surface area contributed by atoms with Gasteiger partial charge in [-0.2, -0.15) is 0 Å². The van der Waals surface area contributed by atoms with E-state index in [0.29, 0.717) is 12.5 Å². The van der Waals surface area contributed by atoms with Gasteiger partial charge in [-0.05, 0) is 36.2 Å². The molecule has 3 rings (SSSR count). The number of hydrogen-bond acceptors (Lipinski definition) is 3. The fourth-order valence-electron chi connectivity index (χ4n) is 3.21. The summed E-state index contributed by atoms with van der Waals surface area (Å²) in [6, 6.07) is 13.0. The Hall–Kier alpha value is -2.47. The van der Waals surface area contributed by atoms with Gasteiger partial charge in [0.15, 0.2) is 5.96 Å². The Balaban J connectivity index is 1.55. The van der Waals surface area contributed by atoms with Crippen LogP contribution in [0.15, 0.2) is 47.5 Å². The van der Waals surface area contributed by atoms with Gasteiger partial charge in [0.1, 0.15) is 11.6 Å². The molecule has 2 aromatic rings. The molecule has 0 aliphatic carbocycles. The number of rotatable bonds is 5. The summed E-state index contributed by atoms with van der Waals surface area (Å²) < 4.78 is 18.7. The maximum Gasteiger partial charge on any atom is 0.191 e. The van der Waals surface area contributed by atoms with Crippen LogP contribution >= 0.6 is 11.6 Å². The van der Waals surface area contributed by atoms with Gasteiger partial charge in [-0.15, -0.1) is 0 Å². The summed E-state index contributed by atoms with van der Waals surface area (Å²) in [7, 11) is 3.43. The highest BCUT2D eigenvalue weighted by Crippen LogP contribution is 2.30. The average Bonchev–Trinajstić information content (AvgIpc) is 3.16. The van der Waals surface area contributed by atoms with E-state index in [-0.39, 0.29) is 11.1 Å². The van der Waals surface area contributed by atoms with E-state index in [4.69, 9.17) is 16.3 Å². The number of aliphatic imine (C=N–C) groups is 1. The number of anilines is 1. The highest BCUT2D eigenvalue weighted by molar-refractivity contribution is 6.30. The Bertz CT molecular complexity index is 814. The van der Waals surface area contributed by atoms with Gasteiger partial charge in [0.2, 0.25) is 0 Å². The Kier molecular flexibility index (Phi) is 6.40. The summed E-state index contributed by atoms with van der Waals surface area (Å²) in [5.41, 5.74) is 2.00. The molecule has 0 saturated carbocycles. The van der Waals surface area contributed by atoms with Crippen LogP contribution in [-0.2, 0) is 6.54 Å². The van der Waals surface area contributed by atoms with Gasteiger partial charge in [0.25, 0.3) is 0 Å². The van der Waals surface area contributed by atoms with Crippen LogP contribution in [0.2, 0.25) is 5.02 Å². The van der Waals surface area contributed by atoms with Crippen molar-refractivity contribution in [3.05, 3.63) is 58.9 Å². The molecule has 1 fully saturated rings. The minimum absolute atomic E-state index is 0.125. The highest BCUT2D eigenvalue weighted by atomic mass is 35.5. The van der Waals surface area contributed by atoms with Gasteiger partial charge in [0.05, 0.1) is 17.8 Å². The first-order chi connectivity index (χ1) is 13.1. The van der Waals surface area contributed by atoms with E-state index < -0.39 is 5.82 Å². The van der Waals surface area contributed by atoms with Crippen molar-refractivity contribution in [1.82, 2.24) is 10.6 Å². The third-order valence-corrected chi connectivity index (χ3v) is 4.91. The fourth-order valence-corrected chi connectivity index (χ4v) is 3.41. The van der Waals surface area contributed by atoms with Gasteiger partial charge in [-0.1, -0.05) is 29.8 Å². The summed E-state index contributed by atoms with van der Waals surface area (Å²) in [5, 5.41) is 6.82. The van der Waals surface area contributed by atoms with Crippen molar-refractivity contribution in [1.29, 1.82) is 0 Å². The number of benzene rings is 2. The van der Waals surface area contributed by atoms with Gasteiger partial charge < -0.3 is 20.3 Å². The largest absolute Gasteiger partial charge is 0.495 e. The smallest absolute Gasteiger partial charge is 0.191 e.